The van der Waals surface area contributed by atoms with Gasteiger partial charge in [-0.2, -0.15) is 5.10 Å². The van der Waals surface area contributed by atoms with Gasteiger partial charge >= 0.3 is 0 Å². The first-order valence-electron chi connectivity index (χ1n) is 8.99. The molecule has 0 aliphatic heterocycles. The van der Waals surface area contributed by atoms with Crippen LogP contribution in [0.4, 0.5) is 0 Å². The van der Waals surface area contributed by atoms with Gasteiger partial charge in [-0.1, -0.05) is 48.0 Å². The van der Waals surface area contributed by atoms with Gasteiger partial charge in [0.25, 0.3) is 5.91 Å². The predicted octanol–water partition coefficient (Wildman–Crippen LogP) is 4.03. The number of halogens is 1. The van der Waals surface area contributed by atoms with E-state index in [1.807, 2.05) is 48.5 Å². The summed E-state index contributed by atoms with van der Waals surface area (Å²) in [6, 6.07) is 21.5. The Hall–Kier alpha value is -3.48. The Kier molecular flexibility index (Phi) is 5.37. The minimum atomic E-state index is -0.414. The monoisotopic (exact) mass is 403 g/mol. The van der Waals surface area contributed by atoms with Gasteiger partial charge in [0.05, 0.1) is 23.3 Å². The van der Waals surface area contributed by atoms with Crippen LogP contribution in [0.3, 0.4) is 0 Å². The number of nitrogens with two attached hydrogens (primary N) is 1. The Labute approximate surface area is 172 Å². The van der Waals surface area contributed by atoms with Crippen molar-refractivity contribution in [1.29, 1.82) is 0 Å². The summed E-state index contributed by atoms with van der Waals surface area (Å²) >= 11 is 5.84. The van der Waals surface area contributed by atoms with Crippen molar-refractivity contribution < 1.29 is 4.79 Å². The first-order chi connectivity index (χ1) is 14.1. The molecule has 0 radical (unpaired) electrons. The summed E-state index contributed by atoms with van der Waals surface area (Å²) in [5.74, 6) is 0.370. The number of amides is 1. The molecule has 1 heterocycles. The van der Waals surface area contributed by atoms with Crippen molar-refractivity contribution in [1.82, 2.24) is 15.4 Å². The topological polar surface area (TPSA) is 96.2 Å². The molecule has 3 aromatic carbocycles. The van der Waals surface area contributed by atoms with Crippen molar-refractivity contribution >= 4 is 34.8 Å². The lowest BCUT2D eigenvalue weighted by Gasteiger charge is -2.09. The van der Waals surface area contributed by atoms with Crippen molar-refractivity contribution in [3.63, 3.8) is 0 Å². The number of nitrogens with zero attached hydrogens (tertiary/aromatic N) is 2. The van der Waals surface area contributed by atoms with Gasteiger partial charge < -0.3 is 10.7 Å². The highest BCUT2D eigenvalue weighted by Gasteiger charge is 2.14. The molecule has 7 heteroatoms. The fourth-order valence-electron chi connectivity index (χ4n) is 2.90. The first-order valence-corrected chi connectivity index (χ1v) is 9.37. The maximum absolute atomic E-state index is 12.3. The number of benzene rings is 3. The molecule has 0 saturated carbocycles. The Morgan fingerprint density at radius 2 is 1.79 bits per heavy atom. The number of hydrogen-bond acceptors (Lipinski definition) is 4. The molecule has 0 fully saturated rings. The van der Waals surface area contributed by atoms with Crippen LogP contribution >= 0.6 is 11.6 Å². The average molecular weight is 404 g/mol. The van der Waals surface area contributed by atoms with Crippen molar-refractivity contribution in [3.8, 4) is 0 Å². The van der Waals surface area contributed by atoms with Crippen molar-refractivity contribution in [2.24, 2.45) is 10.8 Å². The van der Waals surface area contributed by atoms with Crippen LogP contribution in [-0.2, 0) is 0 Å². The highest BCUT2D eigenvalue weighted by atomic mass is 35.5. The molecular weight excluding hydrogens is 386 g/mol. The lowest BCUT2D eigenvalue weighted by Crippen LogP contribution is -2.18. The summed E-state index contributed by atoms with van der Waals surface area (Å²) in [7, 11) is 0. The van der Waals surface area contributed by atoms with Crippen LogP contribution in [0.2, 0.25) is 5.02 Å². The molecule has 1 atom stereocenters. The van der Waals surface area contributed by atoms with Gasteiger partial charge in [0.15, 0.2) is 0 Å². The number of imidazole rings is 1. The van der Waals surface area contributed by atoms with E-state index >= 15 is 0 Å². The van der Waals surface area contributed by atoms with E-state index in [4.69, 9.17) is 17.3 Å². The summed E-state index contributed by atoms with van der Waals surface area (Å²) in [5, 5.41) is 4.62. The minimum absolute atomic E-state index is 0.306. The Morgan fingerprint density at radius 3 is 2.52 bits per heavy atom. The van der Waals surface area contributed by atoms with E-state index in [0.29, 0.717) is 16.4 Å². The van der Waals surface area contributed by atoms with Crippen LogP contribution in [-0.4, -0.2) is 22.1 Å². The first kappa shape index (κ1) is 18.9. The standard InChI is InChI=1S/C22H18ClN5O/c23-17-11-5-14(6-12-17)13-25-28-22(29)16-9-7-15(8-10-16)20(24)21-26-18-3-1-2-4-19(18)27-21/h1-13,20H,24H2,(H,26,27)(H,28,29). The number of H-pyrrole nitrogens is 1. The Bertz CT molecular complexity index is 1130. The molecule has 6 nitrogen and oxygen atoms in total. The molecule has 4 rings (SSSR count). The third kappa shape index (κ3) is 4.34. The fraction of sp³-hybridized carbons (Fsp3) is 0.0455. The number of hydrazone groups is 1. The third-order valence-corrected chi connectivity index (χ3v) is 4.74. The summed E-state index contributed by atoms with van der Waals surface area (Å²) in [4.78, 5) is 20.0. The van der Waals surface area contributed by atoms with E-state index in [2.05, 4.69) is 20.5 Å². The van der Waals surface area contributed by atoms with Crippen LogP contribution in [0.25, 0.3) is 11.0 Å². The molecule has 144 valence electrons. The zero-order valence-corrected chi connectivity index (χ0v) is 16.1. The quantitative estimate of drug-likeness (QED) is 0.346. The van der Waals surface area contributed by atoms with Crippen molar-refractivity contribution in [2.75, 3.05) is 0 Å². The van der Waals surface area contributed by atoms with Crippen LogP contribution in [0, 0.1) is 0 Å². The van der Waals surface area contributed by atoms with Gasteiger partial charge in [0.1, 0.15) is 5.82 Å². The zero-order valence-electron chi connectivity index (χ0n) is 15.3. The molecule has 0 aliphatic carbocycles. The smallest absolute Gasteiger partial charge is 0.271 e. The summed E-state index contributed by atoms with van der Waals surface area (Å²) in [6.45, 7) is 0. The van der Waals surface area contributed by atoms with Gasteiger partial charge in [-0.25, -0.2) is 10.4 Å². The molecule has 0 saturated heterocycles. The number of para-hydroxylation sites is 2. The predicted molar refractivity (Wildman–Crippen MR) is 115 cm³/mol. The maximum Gasteiger partial charge on any atom is 0.271 e. The number of fused-ring (bicyclic) bond motifs is 1. The summed E-state index contributed by atoms with van der Waals surface area (Å²) in [5.41, 5.74) is 12.8. The molecule has 4 aromatic rings. The van der Waals surface area contributed by atoms with E-state index in [-0.39, 0.29) is 5.91 Å². The molecule has 0 bridgehead atoms. The lowest BCUT2D eigenvalue weighted by molar-refractivity contribution is 0.0955. The van der Waals surface area contributed by atoms with Crippen molar-refractivity contribution in [3.05, 3.63) is 100 Å². The third-order valence-electron chi connectivity index (χ3n) is 4.48. The molecule has 29 heavy (non-hydrogen) atoms. The van der Waals surface area contributed by atoms with E-state index in [0.717, 1.165) is 22.2 Å². The number of rotatable bonds is 5. The number of carbonyl (C=O) groups is 1. The number of hydrogen-bond donors (Lipinski definition) is 3. The SMILES string of the molecule is NC(c1ccc(C(=O)NN=Cc2ccc(Cl)cc2)cc1)c1nc2ccccc2[nH]1. The van der Waals surface area contributed by atoms with E-state index < -0.39 is 6.04 Å². The Morgan fingerprint density at radius 1 is 1.07 bits per heavy atom. The second-order valence-corrected chi connectivity index (χ2v) is 6.93. The van der Waals surface area contributed by atoms with Crippen LogP contribution in [0.1, 0.15) is 33.4 Å². The van der Waals surface area contributed by atoms with E-state index in [9.17, 15) is 4.79 Å². The normalized spacial score (nSPS) is 12.3. The molecule has 0 spiro atoms. The maximum atomic E-state index is 12.3. The lowest BCUT2D eigenvalue weighted by atomic mass is 10.0. The van der Waals surface area contributed by atoms with E-state index in [1.54, 1.807) is 30.5 Å². The van der Waals surface area contributed by atoms with Crippen LogP contribution in [0.15, 0.2) is 77.9 Å². The van der Waals surface area contributed by atoms with E-state index in [1.165, 1.54) is 0 Å². The number of aromatic amines is 1. The second kappa shape index (κ2) is 8.26. The van der Waals surface area contributed by atoms with Gasteiger partial charge in [-0.05, 0) is 47.5 Å². The van der Waals surface area contributed by atoms with Crippen molar-refractivity contribution in [2.45, 2.75) is 6.04 Å². The summed E-state index contributed by atoms with van der Waals surface area (Å²) in [6.07, 6.45) is 1.56. The number of nitrogens with one attached hydrogen (secondary N) is 2. The van der Waals surface area contributed by atoms with Gasteiger partial charge in [-0.3, -0.25) is 4.79 Å². The number of carbonyl (C=O) groups excluding carboxylic acids is 1. The van der Waals surface area contributed by atoms with Crippen LogP contribution in [0.5, 0.6) is 0 Å². The molecule has 1 amide bonds. The Balaban J connectivity index is 1.42. The van der Waals surface area contributed by atoms with Gasteiger partial charge in [-0.15, -0.1) is 0 Å². The van der Waals surface area contributed by atoms with Gasteiger partial charge in [0.2, 0.25) is 0 Å². The highest BCUT2D eigenvalue weighted by molar-refractivity contribution is 6.30. The largest absolute Gasteiger partial charge is 0.340 e. The zero-order chi connectivity index (χ0) is 20.2. The molecule has 1 aromatic heterocycles. The van der Waals surface area contributed by atoms with Crippen LogP contribution < -0.4 is 11.2 Å². The second-order valence-electron chi connectivity index (χ2n) is 6.49. The summed E-state index contributed by atoms with van der Waals surface area (Å²) < 4.78 is 0. The molecule has 4 N–H and O–H groups in total. The average Bonchev–Trinajstić information content (AvgIpc) is 3.19. The molecule has 0 aliphatic rings. The highest BCUT2D eigenvalue weighted by Crippen LogP contribution is 2.20. The molecular formula is C22H18ClN5O. The molecule has 1 unspecified atom stereocenters. The number of aromatic nitrogens is 2. The fourth-order valence-corrected chi connectivity index (χ4v) is 3.02. The van der Waals surface area contributed by atoms with Gasteiger partial charge in [0, 0.05) is 10.6 Å². The minimum Gasteiger partial charge on any atom is -0.340 e.